The molecule has 1 aromatic carbocycles. The van der Waals surface area contributed by atoms with Gasteiger partial charge in [-0.3, -0.25) is 14.6 Å². The number of rotatable bonds is 8. The van der Waals surface area contributed by atoms with E-state index in [1.165, 1.54) is 17.5 Å². The molecule has 0 bridgehead atoms. The number of ketones is 1. The number of nitrogens with one attached hydrogen (secondary N) is 1. The maximum Gasteiger partial charge on any atom is 0.253 e. The van der Waals surface area contributed by atoms with E-state index in [-0.39, 0.29) is 11.7 Å². The molecule has 0 spiro atoms. The highest BCUT2D eigenvalue weighted by molar-refractivity contribution is 7.20. The van der Waals surface area contributed by atoms with Gasteiger partial charge in [0.15, 0.2) is 5.01 Å². The molecule has 0 unspecified atom stereocenters. The van der Waals surface area contributed by atoms with Crippen LogP contribution in [0.3, 0.4) is 0 Å². The van der Waals surface area contributed by atoms with E-state index in [1.54, 1.807) is 18.3 Å². The highest BCUT2D eigenvalue weighted by atomic mass is 32.1. The number of aromatic nitrogens is 2. The molecule has 0 radical (unpaired) electrons. The molecule has 1 atom stereocenters. The second-order valence-corrected chi connectivity index (χ2v) is 7.15. The zero-order valence-electron chi connectivity index (χ0n) is 14.6. The molecule has 2 heterocycles. The number of hydrogen-bond donors (Lipinski definition) is 1. The highest BCUT2D eigenvalue weighted by Crippen LogP contribution is 2.23. The van der Waals surface area contributed by atoms with Gasteiger partial charge in [0.2, 0.25) is 5.78 Å². The smallest absolute Gasteiger partial charge is 0.253 e. The Morgan fingerprint density at radius 3 is 2.73 bits per heavy atom. The van der Waals surface area contributed by atoms with E-state index in [9.17, 15) is 9.59 Å². The maximum absolute atomic E-state index is 13.0. The van der Waals surface area contributed by atoms with Crippen molar-refractivity contribution in [2.75, 3.05) is 0 Å². The van der Waals surface area contributed by atoms with E-state index in [0.717, 1.165) is 29.5 Å². The van der Waals surface area contributed by atoms with Gasteiger partial charge in [0.05, 0.1) is 21.8 Å². The molecular formula is C20H21N3O2S. The number of carbonyl (C=O) groups excluding carboxylic acids is 2. The van der Waals surface area contributed by atoms with Gasteiger partial charge in [0.25, 0.3) is 5.91 Å². The first kappa shape index (κ1) is 18.2. The number of hydrogen-bond acceptors (Lipinski definition) is 5. The number of benzene rings is 1. The summed E-state index contributed by atoms with van der Waals surface area (Å²) >= 11 is 1.37. The fourth-order valence-corrected chi connectivity index (χ4v) is 3.69. The summed E-state index contributed by atoms with van der Waals surface area (Å²) in [4.78, 5) is 33.9. The van der Waals surface area contributed by atoms with Gasteiger partial charge in [-0.25, -0.2) is 4.98 Å². The summed E-state index contributed by atoms with van der Waals surface area (Å²) in [7, 11) is 0. The van der Waals surface area contributed by atoms with Crippen LogP contribution in [0.15, 0.2) is 48.8 Å². The van der Waals surface area contributed by atoms with Crippen molar-refractivity contribution in [1.82, 2.24) is 15.3 Å². The summed E-state index contributed by atoms with van der Waals surface area (Å²) in [5, 5.41) is 3.32. The zero-order chi connectivity index (χ0) is 18.4. The number of fused-ring (bicyclic) bond motifs is 1. The standard InChI is InChI=1S/C20H21N3O2S/c1-2-3-4-10-16(22-19(25)14-8-7-12-21-13-14)18(24)20-23-15-9-5-6-11-17(15)26-20/h5-9,11-13,16H,2-4,10H2,1H3,(H,22,25)/t16-/m0/s1. The zero-order valence-corrected chi connectivity index (χ0v) is 15.5. The Morgan fingerprint density at radius 2 is 2.00 bits per heavy atom. The molecule has 1 amide bonds. The van der Waals surface area contributed by atoms with E-state index in [0.29, 0.717) is 17.0 Å². The monoisotopic (exact) mass is 367 g/mol. The van der Waals surface area contributed by atoms with Crippen molar-refractivity contribution in [2.45, 2.75) is 38.6 Å². The lowest BCUT2D eigenvalue weighted by Gasteiger charge is -2.16. The Labute approximate surface area is 156 Å². The van der Waals surface area contributed by atoms with Crippen molar-refractivity contribution < 1.29 is 9.59 Å². The Kier molecular flexibility index (Phi) is 6.07. The Hall–Kier alpha value is -2.60. The van der Waals surface area contributed by atoms with Crippen LogP contribution >= 0.6 is 11.3 Å². The lowest BCUT2D eigenvalue weighted by molar-refractivity contribution is 0.0850. The average molecular weight is 367 g/mol. The van der Waals surface area contributed by atoms with Crippen LogP contribution in [0.2, 0.25) is 0 Å². The number of nitrogens with zero attached hydrogens (tertiary/aromatic N) is 2. The maximum atomic E-state index is 13.0. The van der Waals surface area contributed by atoms with Crippen LogP contribution < -0.4 is 5.32 Å². The molecule has 0 saturated heterocycles. The molecular weight excluding hydrogens is 346 g/mol. The van der Waals surface area contributed by atoms with Crippen LogP contribution in [-0.2, 0) is 0 Å². The van der Waals surface area contributed by atoms with Crippen molar-refractivity contribution >= 4 is 33.2 Å². The lowest BCUT2D eigenvalue weighted by atomic mass is 10.0. The fourth-order valence-electron chi connectivity index (χ4n) is 2.73. The van der Waals surface area contributed by atoms with Crippen molar-refractivity contribution in [1.29, 1.82) is 0 Å². The van der Waals surface area contributed by atoms with E-state index >= 15 is 0 Å². The average Bonchev–Trinajstić information content (AvgIpc) is 3.11. The second-order valence-electron chi connectivity index (χ2n) is 6.11. The van der Waals surface area contributed by atoms with Gasteiger partial charge in [-0.2, -0.15) is 0 Å². The molecule has 6 heteroatoms. The number of Topliss-reactive ketones (excluding diaryl/α,β-unsaturated/α-hetero) is 1. The van der Waals surface area contributed by atoms with Crippen molar-refractivity contribution in [3.05, 3.63) is 59.4 Å². The first-order valence-electron chi connectivity index (χ1n) is 8.79. The summed E-state index contributed by atoms with van der Waals surface area (Å²) in [6, 6.07) is 10.5. The third-order valence-corrected chi connectivity index (χ3v) is 5.20. The predicted molar refractivity (Wildman–Crippen MR) is 104 cm³/mol. The van der Waals surface area contributed by atoms with Crippen LogP contribution in [0, 0.1) is 0 Å². The van der Waals surface area contributed by atoms with Crippen molar-refractivity contribution in [3.8, 4) is 0 Å². The third-order valence-electron chi connectivity index (χ3n) is 4.15. The molecule has 0 aliphatic heterocycles. The first-order valence-corrected chi connectivity index (χ1v) is 9.61. The molecule has 0 aliphatic carbocycles. The number of thiazole rings is 1. The molecule has 5 nitrogen and oxygen atoms in total. The minimum Gasteiger partial charge on any atom is -0.342 e. The van der Waals surface area contributed by atoms with Gasteiger partial charge < -0.3 is 5.32 Å². The first-order chi connectivity index (χ1) is 12.7. The van der Waals surface area contributed by atoms with Crippen LogP contribution in [0.4, 0.5) is 0 Å². The van der Waals surface area contributed by atoms with Gasteiger partial charge >= 0.3 is 0 Å². The Balaban J connectivity index is 1.80. The molecule has 0 saturated carbocycles. The van der Waals surface area contributed by atoms with E-state index < -0.39 is 6.04 Å². The van der Waals surface area contributed by atoms with E-state index in [1.807, 2.05) is 24.3 Å². The van der Waals surface area contributed by atoms with E-state index in [4.69, 9.17) is 0 Å². The summed E-state index contributed by atoms with van der Waals surface area (Å²) in [5.74, 6) is -0.409. The molecule has 134 valence electrons. The minimum atomic E-state index is -0.574. The minimum absolute atomic E-state index is 0.125. The molecule has 1 N–H and O–H groups in total. The fraction of sp³-hybridized carbons (Fsp3) is 0.300. The van der Waals surface area contributed by atoms with Gasteiger partial charge in [0, 0.05) is 12.4 Å². The van der Waals surface area contributed by atoms with Gasteiger partial charge in [-0.05, 0) is 30.7 Å². The summed E-state index contributed by atoms with van der Waals surface area (Å²) in [6.45, 7) is 2.11. The predicted octanol–water partition coefficient (Wildman–Crippen LogP) is 4.25. The molecule has 0 fully saturated rings. The lowest BCUT2D eigenvalue weighted by Crippen LogP contribution is -2.41. The van der Waals surface area contributed by atoms with Crippen LogP contribution in [0.25, 0.3) is 10.2 Å². The number of para-hydroxylation sites is 1. The Morgan fingerprint density at radius 1 is 1.15 bits per heavy atom. The molecule has 2 aromatic heterocycles. The van der Waals surface area contributed by atoms with Crippen LogP contribution in [0.5, 0.6) is 0 Å². The molecule has 0 aliphatic rings. The number of amides is 1. The third kappa shape index (κ3) is 4.32. The SMILES string of the molecule is CCCCC[C@H](NC(=O)c1cccnc1)C(=O)c1nc2ccccc2s1. The normalized spacial score (nSPS) is 12.0. The van der Waals surface area contributed by atoms with Gasteiger partial charge in [0.1, 0.15) is 0 Å². The Bertz CT molecular complexity index is 859. The van der Waals surface area contributed by atoms with Crippen molar-refractivity contribution in [3.63, 3.8) is 0 Å². The molecule has 26 heavy (non-hydrogen) atoms. The topological polar surface area (TPSA) is 72.0 Å². The highest BCUT2D eigenvalue weighted by Gasteiger charge is 2.25. The number of pyridine rings is 1. The summed E-state index contributed by atoms with van der Waals surface area (Å²) < 4.78 is 0.974. The van der Waals surface area contributed by atoms with Gasteiger partial charge in [-0.1, -0.05) is 38.3 Å². The number of unbranched alkanes of at least 4 members (excludes halogenated alkanes) is 2. The van der Waals surface area contributed by atoms with Gasteiger partial charge in [-0.15, -0.1) is 11.3 Å². The van der Waals surface area contributed by atoms with Crippen LogP contribution in [-0.4, -0.2) is 27.7 Å². The quantitative estimate of drug-likeness (QED) is 0.477. The largest absolute Gasteiger partial charge is 0.342 e. The second kappa shape index (κ2) is 8.67. The van der Waals surface area contributed by atoms with E-state index in [2.05, 4.69) is 22.2 Å². The van der Waals surface area contributed by atoms with Crippen LogP contribution in [0.1, 0.15) is 52.8 Å². The molecule has 3 rings (SSSR count). The number of carbonyl (C=O) groups is 2. The van der Waals surface area contributed by atoms with Crippen molar-refractivity contribution in [2.24, 2.45) is 0 Å². The molecule has 3 aromatic rings. The summed E-state index contributed by atoms with van der Waals surface area (Å²) in [5.41, 5.74) is 1.26. The summed E-state index contributed by atoms with van der Waals surface area (Å²) in [6.07, 6.45) is 6.67.